The number of carbonyl (C=O) groups is 2. The predicted molar refractivity (Wildman–Crippen MR) is 76.8 cm³/mol. The van der Waals surface area contributed by atoms with Crippen LogP contribution in [0.5, 0.6) is 0 Å². The average molecular weight is 270 g/mol. The van der Waals surface area contributed by atoms with E-state index in [9.17, 15) is 9.59 Å². The Bertz CT molecular complexity index is 588. The van der Waals surface area contributed by atoms with E-state index < -0.39 is 5.54 Å². The lowest BCUT2D eigenvalue weighted by Crippen LogP contribution is -2.56. The van der Waals surface area contributed by atoms with E-state index >= 15 is 0 Å². The molecule has 2 amide bonds. The number of hydrogen-bond acceptors (Lipinski definition) is 2. The SMILES string of the molecule is CNC(=O)C1(NC(=O)C2=C3C=CC=C3C=C2)CCCC1. The van der Waals surface area contributed by atoms with Crippen LogP contribution in [-0.4, -0.2) is 24.4 Å². The molecule has 1 saturated carbocycles. The summed E-state index contributed by atoms with van der Waals surface area (Å²) in [5, 5.41) is 5.65. The summed E-state index contributed by atoms with van der Waals surface area (Å²) in [6, 6.07) is 0. The van der Waals surface area contributed by atoms with Crippen molar-refractivity contribution in [3.05, 3.63) is 47.1 Å². The van der Waals surface area contributed by atoms with E-state index in [1.165, 1.54) is 0 Å². The van der Waals surface area contributed by atoms with Crippen LogP contribution < -0.4 is 10.6 Å². The van der Waals surface area contributed by atoms with Crippen molar-refractivity contribution in [2.24, 2.45) is 0 Å². The van der Waals surface area contributed by atoms with Gasteiger partial charge in [-0.2, -0.15) is 0 Å². The van der Waals surface area contributed by atoms with E-state index in [1.54, 1.807) is 7.05 Å². The van der Waals surface area contributed by atoms with E-state index in [0.29, 0.717) is 18.4 Å². The fourth-order valence-corrected chi connectivity index (χ4v) is 3.20. The molecule has 0 aromatic rings. The van der Waals surface area contributed by atoms with Gasteiger partial charge in [-0.05, 0) is 30.1 Å². The summed E-state index contributed by atoms with van der Waals surface area (Å²) >= 11 is 0. The molecule has 0 heterocycles. The summed E-state index contributed by atoms with van der Waals surface area (Å²) in [5.41, 5.74) is 1.94. The molecule has 0 unspecified atom stereocenters. The number of fused-ring (bicyclic) bond motifs is 1. The summed E-state index contributed by atoms with van der Waals surface area (Å²) in [4.78, 5) is 24.6. The molecule has 0 radical (unpaired) electrons. The highest BCUT2D eigenvalue weighted by Crippen LogP contribution is 2.33. The molecule has 20 heavy (non-hydrogen) atoms. The molecule has 104 valence electrons. The van der Waals surface area contributed by atoms with Gasteiger partial charge in [0, 0.05) is 12.6 Å². The van der Waals surface area contributed by atoms with Gasteiger partial charge in [0.25, 0.3) is 5.91 Å². The van der Waals surface area contributed by atoms with Gasteiger partial charge < -0.3 is 10.6 Å². The molecule has 4 nitrogen and oxygen atoms in total. The highest BCUT2D eigenvalue weighted by atomic mass is 16.2. The molecule has 1 fully saturated rings. The molecule has 0 bridgehead atoms. The lowest BCUT2D eigenvalue weighted by molar-refractivity contribution is -0.131. The highest BCUT2D eigenvalue weighted by Gasteiger charge is 2.42. The normalized spacial score (nSPS) is 21.9. The van der Waals surface area contributed by atoms with Crippen LogP contribution in [0.25, 0.3) is 0 Å². The molecule has 3 aliphatic carbocycles. The number of nitrogens with one attached hydrogen (secondary N) is 2. The van der Waals surface area contributed by atoms with Gasteiger partial charge in [0.15, 0.2) is 0 Å². The first-order valence-electron chi connectivity index (χ1n) is 7.02. The minimum absolute atomic E-state index is 0.0892. The van der Waals surface area contributed by atoms with Gasteiger partial charge in [-0.3, -0.25) is 9.59 Å². The first-order chi connectivity index (χ1) is 9.66. The van der Waals surface area contributed by atoms with Crippen molar-refractivity contribution in [1.29, 1.82) is 0 Å². The Kier molecular flexibility index (Phi) is 3.08. The molecule has 0 aliphatic heterocycles. The Morgan fingerprint density at radius 1 is 1.15 bits per heavy atom. The van der Waals surface area contributed by atoms with Crippen molar-refractivity contribution in [3.8, 4) is 0 Å². The lowest BCUT2D eigenvalue weighted by Gasteiger charge is -2.28. The molecule has 0 saturated heterocycles. The second-order valence-electron chi connectivity index (χ2n) is 5.46. The van der Waals surface area contributed by atoms with E-state index in [2.05, 4.69) is 10.6 Å². The van der Waals surface area contributed by atoms with Gasteiger partial charge in [-0.1, -0.05) is 37.1 Å². The molecule has 2 N–H and O–H groups in total. The number of likely N-dealkylation sites (N-methyl/N-ethyl adjacent to an activating group) is 1. The smallest absolute Gasteiger partial charge is 0.252 e. The van der Waals surface area contributed by atoms with E-state index in [1.807, 2.05) is 30.4 Å². The zero-order valence-electron chi connectivity index (χ0n) is 11.5. The summed E-state index contributed by atoms with van der Waals surface area (Å²) in [6.45, 7) is 0. The predicted octanol–water partition coefficient (Wildman–Crippen LogP) is 1.52. The van der Waals surface area contributed by atoms with Gasteiger partial charge >= 0.3 is 0 Å². The van der Waals surface area contributed by atoms with E-state index in [0.717, 1.165) is 24.0 Å². The monoisotopic (exact) mass is 270 g/mol. The number of hydrogen-bond donors (Lipinski definition) is 2. The molecule has 0 spiro atoms. The first-order valence-corrected chi connectivity index (χ1v) is 7.02. The van der Waals surface area contributed by atoms with Gasteiger partial charge in [0.05, 0.1) is 0 Å². The van der Waals surface area contributed by atoms with E-state index in [-0.39, 0.29) is 11.8 Å². The van der Waals surface area contributed by atoms with Crippen LogP contribution in [0.4, 0.5) is 0 Å². The quantitative estimate of drug-likeness (QED) is 0.817. The third kappa shape index (κ3) is 1.92. The second kappa shape index (κ2) is 4.78. The Hall–Kier alpha value is -2.10. The molecule has 0 aromatic carbocycles. The van der Waals surface area contributed by atoms with Crippen LogP contribution >= 0.6 is 0 Å². The maximum atomic E-state index is 12.5. The van der Waals surface area contributed by atoms with Crippen molar-refractivity contribution in [2.75, 3.05) is 7.05 Å². The van der Waals surface area contributed by atoms with Gasteiger partial charge in [-0.15, -0.1) is 0 Å². The fourth-order valence-electron chi connectivity index (χ4n) is 3.20. The minimum Gasteiger partial charge on any atom is -0.357 e. The molecular weight excluding hydrogens is 252 g/mol. The zero-order valence-corrected chi connectivity index (χ0v) is 11.5. The van der Waals surface area contributed by atoms with Crippen molar-refractivity contribution in [1.82, 2.24) is 10.6 Å². The summed E-state index contributed by atoms with van der Waals surface area (Å²) < 4.78 is 0. The van der Waals surface area contributed by atoms with Gasteiger partial charge in [0.1, 0.15) is 5.54 Å². The lowest BCUT2D eigenvalue weighted by atomic mass is 9.95. The van der Waals surface area contributed by atoms with Gasteiger partial charge in [0.2, 0.25) is 5.91 Å². The largest absolute Gasteiger partial charge is 0.357 e. The topological polar surface area (TPSA) is 58.2 Å². The Morgan fingerprint density at radius 2 is 1.90 bits per heavy atom. The molecule has 0 atom stereocenters. The third-order valence-electron chi connectivity index (χ3n) is 4.29. The van der Waals surface area contributed by atoms with Crippen LogP contribution in [0.1, 0.15) is 25.7 Å². The summed E-state index contributed by atoms with van der Waals surface area (Å²) in [7, 11) is 1.62. The second-order valence-corrected chi connectivity index (χ2v) is 5.46. The van der Waals surface area contributed by atoms with Gasteiger partial charge in [-0.25, -0.2) is 0 Å². The number of allylic oxidation sites excluding steroid dienone is 6. The molecule has 0 aromatic heterocycles. The molecule has 4 heteroatoms. The standard InChI is InChI=1S/C16H18N2O2/c1-17-15(20)16(9-2-3-10-16)18-14(19)13-8-7-11-5-4-6-12(11)13/h4-8H,2-3,9-10H2,1H3,(H,17,20)(H,18,19). The van der Waals surface area contributed by atoms with Crippen molar-refractivity contribution in [3.63, 3.8) is 0 Å². The average Bonchev–Trinajstić information content (AvgIpc) is 3.13. The summed E-state index contributed by atoms with van der Waals surface area (Å²) in [5.74, 6) is -0.245. The third-order valence-corrected chi connectivity index (χ3v) is 4.29. The highest BCUT2D eigenvalue weighted by molar-refractivity contribution is 6.03. The Morgan fingerprint density at radius 3 is 2.60 bits per heavy atom. The van der Waals surface area contributed by atoms with E-state index in [4.69, 9.17) is 0 Å². The van der Waals surface area contributed by atoms with Crippen LogP contribution in [-0.2, 0) is 9.59 Å². The van der Waals surface area contributed by atoms with Crippen molar-refractivity contribution >= 4 is 11.8 Å². The van der Waals surface area contributed by atoms with Crippen molar-refractivity contribution in [2.45, 2.75) is 31.2 Å². The van der Waals surface area contributed by atoms with Crippen molar-refractivity contribution < 1.29 is 9.59 Å². The number of carbonyl (C=O) groups excluding carboxylic acids is 2. The zero-order chi connectivity index (χ0) is 14.2. The molecular formula is C16H18N2O2. The number of amides is 2. The number of rotatable bonds is 3. The summed E-state index contributed by atoms with van der Waals surface area (Å²) in [6.07, 6.45) is 13.0. The minimum atomic E-state index is -0.734. The Labute approximate surface area is 118 Å². The van der Waals surface area contributed by atoms with Crippen LogP contribution in [0.2, 0.25) is 0 Å². The fraction of sp³-hybridized carbons (Fsp3) is 0.375. The molecule has 3 aliphatic rings. The first kappa shape index (κ1) is 12.9. The Balaban J connectivity index is 1.84. The van der Waals surface area contributed by atoms with Crippen LogP contribution in [0, 0.1) is 0 Å². The maximum Gasteiger partial charge on any atom is 0.252 e. The van der Waals surface area contributed by atoms with Crippen LogP contribution in [0.15, 0.2) is 47.1 Å². The van der Waals surface area contributed by atoms with Crippen LogP contribution in [0.3, 0.4) is 0 Å². The molecule has 3 rings (SSSR count). The maximum absolute atomic E-state index is 12.5.